The molecular weight excluding hydrogens is 592 g/mol. The van der Waals surface area contributed by atoms with Gasteiger partial charge in [-0.2, -0.15) is 0 Å². The van der Waals surface area contributed by atoms with Crippen LogP contribution in [-0.2, 0) is 14.3 Å². The molecule has 0 aromatic carbocycles. The number of carboxylic acids is 1. The van der Waals surface area contributed by atoms with E-state index >= 15 is 0 Å². The van der Waals surface area contributed by atoms with Crippen LogP contribution in [0, 0.1) is 50.2 Å². The first-order chi connectivity index (χ1) is 21.3. The van der Waals surface area contributed by atoms with Crippen molar-refractivity contribution in [1.82, 2.24) is 0 Å². The summed E-state index contributed by atoms with van der Waals surface area (Å²) >= 11 is 0. The zero-order valence-corrected chi connectivity index (χ0v) is 28.5. The van der Waals surface area contributed by atoms with E-state index in [1.807, 2.05) is 0 Å². The van der Waals surface area contributed by atoms with E-state index in [4.69, 9.17) is 9.47 Å². The predicted octanol–water partition coefficient (Wildman–Crippen LogP) is 3.00. The van der Waals surface area contributed by atoms with Crippen molar-refractivity contribution in [1.29, 1.82) is 0 Å². The summed E-state index contributed by atoms with van der Waals surface area (Å²) in [6.45, 7) is 13.7. The van der Waals surface area contributed by atoms with E-state index < -0.39 is 48.2 Å². The van der Waals surface area contributed by atoms with E-state index in [0.29, 0.717) is 25.2 Å². The molecule has 0 radical (unpaired) electrons. The van der Waals surface area contributed by atoms with Gasteiger partial charge in [-0.1, -0.05) is 53.2 Å². The summed E-state index contributed by atoms with van der Waals surface area (Å²) in [6, 6.07) is 0. The average Bonchev–Trinajstić information content (AvgIpc) is 2.99. The molecule has 46 heavy (non-hydrogen) atoms. The minimum atomic E-state index is -1.76. The van der Waals surface area contributed by atoms with Crippen LogP contribution in [0.2, 0.25) is 0 Å². The summed E-state index contributed by atoms with van der Waals surface area (Å²) in [6.07, 6.45) is 0.541. The number of carbonyl (C=O) groups is 1. The van der Waals surface area contributed by atoms with Crippen LogP contribution >= 0.6 is 0 Å². The summed E-state index contributed by atoms with van der Waals surface area (Å²) in [5.74, 6) is -0.824. The number of allylic oxidation sites excluding steroid dienone is 2. The quantitative estimate of drug-likeness (QED) is 0.173. The molecule has 7 N–H and O–H groups in total. The first-order valence-electron chi connectivity index (χ1n) is 17.5. The van der Waals surface area contributed by atoms with Crippen LogP contribution in [0.3, 0.4) is 0 Å². The molecule has 0 aromatic rings. The van der Waals surface area contributed by atoms with Gasteiger partial charge in [-0.05, 0) is 103 Å². The molecule has 5 fully saturated rings. The van der Waals surface area contributed by atoms with Crippen LogP contribution in [0.1, 0.15) is 99.3 Å². The predicted molar refractivity (Wildman–Crippen MR) is 168 cm³/mol. The number of hydrogen-bond acceptors (Lipinski definition) is 9. The minimum Gasteiger partial charge on any atom is -0.479 e. The van der Waals surface area contributed by atoms with Crippen molar-refractivity contribution in [2.45, 2.75) is 142 Å². The van der Waals surface area contributed by atoms with Gasteiger partial charge in [0.25, 0.3) is 0 Å². The second-order valence-electron chi connectivity index (χ2n) is 17.9. The molecule has 10 nitrogen and oxygen atoms in total. The summed E-state index contributed by atoms with van der Waals surface area (Å²) in [4.78, 5) is 11.7. The van der Waals surface area contributed by atoms with E-state index in [2.05, 4.69) is 47.6 Å². The van der Waals surface area contributed by atoms with Gasteiger partial charge in [-0.3, -0.25) is 0 Å². The normalized spacial score (nSPS) is 54.8. The van der Waals surface area contributed by atoms with Crippen molar-refractivity contribution >= 4 is 5.97 Å². The molecular formula is C36H58O10. The van der Waals surface area contributed by atoms with Crippen LogP contribution in [0.25, 0.3) is 0 Å². The van der Waals surface area contributed by atoms with Gasteiger partial charge in [0.15, 0.2) is 12.4 Å². The van der Waals surface area contributed by atoms with Crippen LogP contribution in [0.5, 0.6) is 0 Å². The van der Waals surface area contributed by atoms with Gasteiger partial charge in [-0.15, -0.1) is 0 Å². The Balaban J connectivity index is 1.30. The lowest BCUT2D eigenvalue weighted by molar-refractivity contribution is -0.324. The first-order valence-corrected chi connectivity index (χ1v) is 17.5. The van der Waals surface area contributed by atoms with Crippen molar-refractivity contribution in [3.8, 4) is 0 Å². The third-order valence-electron chi connectivity index (χ3n) is 15.5. The Labute approximate surface area is 273 Å². The fraction of sp³-hybridized carbons (Fsp3) is 0.917. The molecule has 0 bridgehead atoms. The van der Waals surface area contributed by atoms with Crippen molar-refractivity contribution in [2.75, 3.05) is 13.2 Å². The molecule has 0 spiro atoms. The maximum atomic E-state index is 11.9. The third kappa shape index (κ3) is 4.60. The molecule has 0 amide bonds. The Hall–Kier alpha value is -1.11. The molecule has 1 saturated heterocycles. The Kier molecular flexibility index (Phi) is 8.46. The van der Waals surface area contributed by atoms with Crippen LogP contribution in [0.4, 0.5) is 0 Å². The van der Waals surface area contributed by atoms with Crippen molar-refractivity contribution in [3.63, 3.8) is 0 Å². The van der Waals surface area contributed by atoms with Gasteiger partial charge in [-0.25, -0.2) is 4.79 Å². The number of fused-ring (bicyclic) bond motifs is 7. The lowest BCUT2D eigenvalue weighted by atomic mass is 9.33. The van der Waals surface area contributed by atoms with Crippen LogP contribution in [0.15, 0.2) is 11.6 Å². The summed E-state index contributed by atoms with van der Waals surface area (Å²) in [5, 5.41) is 73.9. The number of rotatable bonds is 5. The molecule has 4 saturated carbocycles. The molecule has 5 aliphatic carbocycles. The second-order valence-corrected chi connectivity index (χ2v) is 17.9. The van der Waals surface area contributed by atoms with Crippen molar-refractivity contribution < 1.29 is 50.0 Å². The summed E-state index contributed by atoms with van der Waals surface area (Å²) < 4.78 is 11.9. The van der Waals surface area contributed by atoms with Gasteiger partial charge >= 0.3 is 5.97 Å². The van der Waals surface area contributed by atoms with Crippen LogP contribution in [-0.4, -0.2) is 97.8 Å². The van der Waals surface area contributed by atoms with Crippen LogP contribution < -0.4 is 0 Å². The number of aliphatic hydroxyl groups excluding tert-OH is 6. The largest absolute Gasteiger partial charge is 0.479 e. The number of ether oxygens (including phenoxy) is 2. The molecule has 6 aliphatic rings. The highest BCUT2D eigenvalue weighted by Crippen LogP contribution is 2.75. The number of aliphatic carboxylic acids is 1. The first kappa shape index (κ1) is 34.7. The fourth-order valence-electron chi connectivity index (χ4n) is 12.3. The van der Waals surface area contributed by atoms with E-state index in [9.17, 15) is 40.5 Å². The second kappa shape index (κ2) is 11.2. The van der Waals surface area contributed by atoms with Gasteiger partial charge < -0.3 is 45.2 Å². The number of carboxylic acid groups (broad SMARTS) is 1. The standard InChI is InChI=1S/C36H58O10/c1-31(2)21-9-12-34(5)22(33(21,4)11-10-24(31)45-30-27(42)25(40)26(41)28(46-30)29(43)44)8-7-19-20-15-32(3,17-37)13-14-36(20,18-38)23(39)16-35(19,34)6/h7,20-28,30,37-42H,8-18H2,1-6H3,(H,43,44)/t20-,21-,22+,23+,24-,25-,26-,27+,28-,30+,32-,33-,34+,35+,36+/m0/s1. The Morgan fingerprint density at radius 2 is 1.57 bits per heavy atom. The average molecular weight is 651 g/mol. The van der Waals surface area contributed by atoms with Crippen molar-refractivity contribution in [2.24, 2.45) is 50.2 Å². The Bertz CT molecular complexity index is 1240. The highest BCUT2D eigenvalue weighted by molar-refractivity contribution is 5.73. The van der Waals surface area contributed by atoms with Gasteiger partial charge in [0, 0.05) is 12.0 Å². The van der Waals surface area contributed by atoms with E-state index in [1.54, 1.807) is 0 Å². The smallest absolute Gasteiger partial charge is 0.335 e. The lowest BCUT2D eigenvalue weighted by Gasteiger charge is -2.72. The molecule has 1 heterocycles. The SMILES string of the molecule is CC1(C)[C@@H](O[C@@H]2O[C@H](C(=O)O)[C@@H](O)[C@H](O)[C@H]2O)CC[C@]2(C)[C@H]3CC=C4[C@@H]5C[C@@](C)(CO)CC[C@]5(CO)[C@H](O)C[C@@]4(C)[C@]3(C)CC[C@@H]12. The monoisotopic (exact) mass is 650 g/mol. The van der Waals surface area contributed by atoms with Gasteiger partial charge in [0.2, 0.25) is 0 Å². The molecule has 6 rings (SSSR count). The third-order valence-corrected chi connectivity index (χ3v) is 15.5. The number of aliphatic hydroxyl groups is 6. The highest BCUT2D eigenvalue weighted by Gasteiger charge is 2.70. The summed E-state index contributed by atoms with van der Waals surface area (Å²) in [7, 11) is 0. The maximum absolute atomic E-state index is 11.9. The molecule has 1 aliphatic heterocycles. The van der Waals surface area contributed by atoms with E-state index in [1.165, 1.54) is 5.57 Å². The molecule has 0 unspecified atom stereocenters. The zero-order chi connectivity index (χ0) is 33.8. The molecule has 262 valence electrons. The maximum Gasteiger partial charge on any atom is 0.335 e. The van der Waals surface area contributed by atoms with Gasteiger partial charge in [0.05, 0.1) is 18.8 Å². The minimum absolute atomic E-state index is 0.0199. The highest BCUT2D eigenvalue weighted by atomic mass is 16.7. The van der Waals surface area contributed by atoms with Crippen molar-refractivity contribution in [3.05, 3.63) is 11.6 Å². The zero-order valence-electron chi connectivity index (χ0n) is 28.5. The lowest BCUT2D eigenvalue weighted by Crippen LogP contribution is -2.67. The van der Waals surface area contributed by atoms with Gasteiger partial charge in [0.1, 0.15) is 18.3 Å². The Morgan fingerprint density at radius 1 is 0.870 bits per heavy atom. The number of hydrogen-bond donors (Lipinski definition) is 7. The molecule has 0 aromatic heterocycles. The Morgan fingerprint density at radius 3 is 2.20 bits per heavy atom. The van der Waals surface area contributed by atoms with E-state index in [0.717, 1.165) is 38.5 Å². The molecule has 15 atom stereocenters. The summed E-state index contributed by atoms with van der Waals surface area (Å²) in [5.41, 5.74) is -0.223. The topological polar surface area (TPSA) is 177 Å². The van der Waals surface area contributed by atoms with E-state index in [-0.39, 0.29) is 58.2 Å². The molecule has 10 heteroatoms. The fourth-order valence-corrected chi connectivity index (χ4v) is 12.3.